The van der Waals surface area contributed by atoms with Crippen molar-refractivity contribution in [3.63, 3.8) is 0 Å². The van der Waals surface area contributed by atoms with Crippen LogP contribution in [0.2, 0.25) is 0 Å². The average molecular weight is 449 g/mol. The molecule has 0 aliphatic carbocycles. The summed E-state index contributed by atoms with van der Waals surface area (Å²) in [7, 11) is 0. The molecule has 0 spiro atoms. The van der Waals surface area contributed by atoms with Crippen molar-refractivity contribution in [1.82, 2.24) is 0 Å². The molecule has 0 saturated carbocycles. The lowest BCUT2D eigenvalue weighted by Crippen LogP contribution is -1.95. The van der Waals surface area contributed by atoms with Gasteiger partial charge in [-0.25, -0.2) is 8.78 Å². The monoisotopic (exact) mass is 448 g/mol. The van der Waals surface area contributed by atoms with Gasteiger partial charge in [-0.1, -0.05) is 126 Å². The molecule has 0 aromatic heterocycles. The first kappa shape index (κ1) is 25.1. The first-order valence-corrected chi connectivity index (χ1v) is 12.8. The van der Waals surface area contributed by atoms with Crippen LogP contribution in [0.1, 0.15) is 82.8 Å². The van der Waals surface area contributed by atoms with E-state index in [2.05, 4.69) is 13.8 Å². The Kier molecular flexibility index (Phi) is 10.1. The molecule has 0 unspecified atom stereocenters. The maximum Gasteiger partial charge on any atom is 0.167 e. The second-order valence-corrected chi connectivity index (χ2v) is 9.16. The van der Waals surface area contributed by atoms with Gasteiger partial charge in [0.2, 0.25) is 0 Å². The Morgan fingerprint density at radius 3 is 1.33 bits per heavy atom. The summed E-state index contributed by atoms with van der Waals surface area (Å²) in [6.07, 6.45) is 13.5. The molecule has 0 heterocycles. The predicted octanol–water partition coefficient (Wildman–Crippen LogP) is 9.93. The quantitative estimate of drug-likeness (QED) is 0.228. The molecule has 0 fully saturated rings. The predicted molar refractivity (Wildman–Crippen MR) is 138 cm³/mol. The van der Waals surface area contributed by atoms with Crippen molar-refractivity contribution in [2.75, 3.05) is 0 Å². The highest BCUT2D eigenvalue weighted by Gasteiger charge is 2.16. The number of rotatable bonds is 13. The maximum absolute atomic E-state index is 15.0. The van der Waals surface area contributed by atoms with Crippen LogP contribution >= 0.6 is 0 Å². The van der Waals surface area contributed by atoms with E-state index in [0.29, 0.717) is 16.7 Å². The Morgan fingerprint density at radius 2 is 0.879 bits per heavy atom. The third-order valence-electron chi connectivity index (χ3n) is 6.47. The average Bonchev–Trinajstić information content (AvgIpc) is 2.84. The summed E-state index contributed by atoms with van der Waals surface area (Å²) in [5, 5.41) is 0. The zero-order chi connectivity index (χ0) is 23.5. The van der Waals surface area contributed by atoms with Crippen molar-refractivity contribution in [1.29, 1.82) is 0 Å². The first-order chi connectivity index (χ1) is 16.1. The topological polar surface area (TPSA) is 0 Å². The molecule has 0 atom stereocenters. The minimum absolute atomic E-state index is 0.311. The van der Waals surface area contributed by atoms with Gasteiger partial charge in [-0.05, 0) is 41.5 Å². The van der Waals surface area contributed by atoms with Crippen LogP contribution in [0, 0.1) is 11.6 Å². The minimum atomic E-state index is -0.779. The van der Waals surface area contributed by atoms with Crippen LogP contribution in [-0.4, -0.2) is 0 Å². The van der Waals surface area contributed by atoms with Crippen molar-refractivity contribution in [2.24, 2.45) is 0 Å². The molecule has 176 valence electrons. The lowest BCUT2D eigenvalue weighted by atomic mass is 9.96. The Balaban J connectivity index is 1.59. The Morgan fingerprint density at radius 1 is 0.455 bits per heavy atom. The molecule has 0 bridgehead atoms. The molecule has 0 N–H and O–H groups in total. The van der Waals surface area contributed by atoms with Gasteiger partial charge in [-0.15, -0.1) is 0 Å². The van der Waals surface area contributed by atoms with Gasteiger partial charge >= 0.3 is 0 Å². The van der Waals surface area contributed by atoms with Gasteiger partial charge in [0.1, 0.15) is 0 Å². The van der Waals surface area contributed by atoms with Gasteiger partial charge in [-0.3, -0.25) is 0 Å². The number of unbranched alkanes of at least 4 members (excludes halogenated alkanes) is 7. The smallest absolute Gasteiger partial charge is 0.167 e. The highest BCUT2D eigenvalue weighted by Crippen LogP contribution is 2.32. The van der Waals surface area contributed by atoms with Crippen LogP contribution in [-0.2, 0) is 12.8 Å². The zero-order valence-corrected chi connectivity index (χ0v) is 20.3. The van der Waals surface area contributed by atoms with E-state index >= 15 is 0 Å². The third kappa shape index (κ3) is 7.25. The van der Waals surface area contributed by atoms with Crippen LogP contribution in [0.15, 0.2) is 60.7 Å². The fourth-order valence-corrected chi connectivity index (χ4v) is 4.45. The largest absolute Gasteiger partial charge is 0.203 e. The van der Waals surface area contributed by atoms with E-state index in [9.17, 15) is 8.78 Å². The van der Waals surface area contributed by atoms with Crippen LogP contribution in [0.25, 0.3) is 22.3 Å². The van der Waals surface area contributed by atoms with Crippen LogP contribution in [0.3, 0.4) is 0 Å². The standard InChI is InChI=1S/C31H38F2/c1-3-5-6-7-8-9-10-11-13-25-16-20-27(21-17-25)29-23-22-28(30(32)31(29)33)26-18-14-24(12-4-2)15-19-26/h14-23H,3-13H2,1-2H3. The molecule has 3 aromatic carbocycles. The lowest BCUT2D eigenvalue weighted by molar-refractivity contribution is 0.514. The van der Waals surface area contributed by atoms with Crippen molar-refractivity contribution in [3.05, 3.63) is 83.4 Å². The van der Waals surface area contributed by atoms with Gasteiger partial charge in [0.05, 0.1) is 0 Å². The molecule has 0 aliphatic rings. The first-order valence-electron chi connectivity index (χ1n) is 12.8. The molecule has 3 rings (SSSR count). The van der Waals surface area contributed by atoms with E-state index in [-0.39, 0.29) is 0 Å². The number of hydrogen-bond donors (Lipinski definition) is 0. The summed E-state index contributed by atoms with van der Waals surface area (Å²) >= 11 is 0. The van der Waals surface area contributed by atoms with Crippen molar-refractivity contribution < 1.29 is 8.78 Å². The SMILES string of the molecule is CCCCCCCCCCc1ccc(-c2ccc(-c3ccc(CCC)cc3)c(F)c2F)cc1. The summed E-state index contributed by atoms with van der Waals surface area (Å²) < 4.78 is 29.9. The number of aryl methyl sites for hydroxylation is 2. The summed E-state index contributed by atoms with van der Waals surface area (Å²) in [6, 6.07) is 19.1. The molecule has 0 amide bonds. The minimum Gasteiger partial charge on any atom is -0.203 e. The third-order valence-corrected chi connectivity index (χ3v) is 6.47. The van der Waals surface area contributed by atoms with E-state index in [1.165, 1.54) is 62.5 Å². The second kappa shape index (κ2) is 13.3. The number of halogens is 2. The number of benzene rings is 3. The maximum atomic E-state index is 15.0. The van der Waals surface area contributed by atoms with Crippen molar-refractivity contribution in [3.8, 4) is 22.3 Å². The molecular formula is C31H38F2. The summed E-state index contributed by atoms with van der Waals surface area (Å²) in [5.74, 6) is -1.56. The molecule has 0 saturated heterocycles. The Labute approximate surface area is 199 Å². The van der Waals surface area contributed by atoms with Gasteiger partial charge in [0.15, 0.2) is 11.6 Å². The number of hydrogen-bond acceptors (Lipinski definition) is 0. The second-order valence-electron chi connectivity index (χ2n) is 9.16. The summed E-state index contributed by atoms with van der Waals surface area (Å²) in [6.45, 7) is 4.38. The molecule has 0 radical (unpaired) electrons. The highest BCUT2D eigenvalue weighted by molar-refractivity contribution is 5.72. The van der Waals surface area contributed by atoms with E-state index in [0.717, 1.165) is 24.8 Å². The molecule has 33 heavy (non-hydrogen) atoms. The zero-order valence-electron chi connectivity index (χ0n) is 20.3. The molecule has 2 heteroatoms. The Bertz CT molecular complexity index is 971. The summed E-state index contributed by atoms with van der Waals surface area (Å²) in [5.41, 5.74) is 4.53. The van der Waals surface area contributed by atoms with E-state index in [4.69, 9.17) is 0 Å². The van der Waals surface area contributed by atoms with Gasteiger partial charge in [-0.2, -0.15) is 0 Å². The van der Waals surface area contributed by atoms with E-state index < -0.39 is 11.6 Å². The molecular weight excluding hydrogens is 410 g/mol. The van der Waals surface area contributed by atoms with Crippen LogP contribution < -0.4 is 0 Å². The van der Waals surface area contributed by atoms with Crippen LogP contribution in [0.4, 0.5) is 8.78 Å². The summed E-state index contributed by atoms with van der Waals surface area (Å²) in [4.78, 5) is 0. The van der Waals surface area contributed by atoms with Gasteiger partial charge in [0, 0.05) is 11.1 Å². The Hall–Kier alpha value is -2.48. The van der Waals surface area contributed by atoms with Crippen LogP contribution in [0.5, 0.6) is 0 Å². The van der Waals surface area contributed by atoms with E-state index in [1.54, 1.807) is 12.1 Å². The normalized spacial score (nSPS) is 11.2. The van der Waals surface area contributed by atoms with Crippen molar-refractivity contribution >= 4 is 0 Å². The fraction of sp³-hybridized carbons (Fsp3) is 0.419. The molecule has 0 aliphatic heterocycles. The lowest BCUT2D eigenvalue weighted by Gasteiger charge is -2.10. The van der Waals surface area contributed by atoms with Crippen molar-refractivity contribution in [2.45, 2.75) is 84.5 Å². The fourth-order valence-electron chi connectivity index (χ4n) is 4.45. The van der Waals surface area contributed by atoms with Gasteiger partial charge in [0.25, 0.3) is 0 Å². The van der Waals surface area contributed by atoms with Gasteiger partial charge < -0.3 is 0 Å². The highest BCUT2D eigenvalue weighted by atomic mass is 19.2. The van der Waals surface area contributed by atoms with E-state index in [1.807, 2.05) is 48.5 Å². The molecule has 3 aromatic rings. The molecule has 0 nitrogen and oxygen atoms in total.